The Bertz CT molecular complexity index is 125. The van der Waals surface area contributed by atoms with Gasteiger partial charge in [0.05, 0.1) is 6.10 Å². The molecule has 0 heterocycles. The quantitative estimate of drug-likeness (QED) is 0.522. The fourth-order valence-corrected chi connectivity index (χ4v) is 2.41. The van der Waals surface area contributed by atoms with Crippen LogP contribution in [0.25, 0.3) is 0 Å². The first-order chi connectivity index (χ1) is 4.23. The van der Waals surface area contributed by atoms with Gasteiger partial charge in [-0.05, 0) is 37.0 Å². The number of fused-ring (bicyclic) bond motifs is 1. The summed E-state index contributed by atoms with van der Waals surface area (Å²) in [5.41, 5.74) is 0.347. The first kappa shape index (κ1) is 5.72. The number of aliphatic hydroxyl groups excluding tert-OH is 1. The van der Waals surface area contributed by atoms with Gasteiger partial charge in [0, 0.05) is 0 Å². The Morgan fingerprint density at radius 3 is 2.33 bits per heavy atom. The van der Waals surface area contributed by atoms with E-state index in [-0.39, 0.29) is 6.10 Å². The molecule has 0 unspecified atom stereocenters. The van der Waals surface area contributed by atoms with Crippen molar-refractivity contribution in [3.63, 3.8) is 0 Å². The van der Waals surface area contributed by atoms with Crippen molar-refractivity contribution in [2.75, 3.05) is 0 Å². The smallest absolute Gasteiger partial charge is 0.0596 e. The van der Waals surface area contributed by atoms with Crippen LogP contribution >= 0.6 is 0 Å². The molecule has 0 aromatic heterocycles. The van der Waals surface area contributed by atoms with Crippen LogP contribution in [0.4, 0.5) is 0 Å². The van der Waals surface area contributed by atoms with E-state index >= 15 is 0 Å². The molecule has 2 fully saturated rings. The highest BCUT2D eigenvalue weighted by atomic mass is 16.3. The van der Waals surface area contributed by atoms with E-state index in [9.17, 15) is 5.11 Å². The van der Waals surface area contributed by atoms with Crippen molar-refractivity contribution in [1.82, 2.24) is 0 Å². The van der Waals surface area contributed by atoms with Gasteiger partial charge in [0.15, 0.2) is 0 Å². The minimum atomic E-state index is 0.0243. The Morgan fingerprint density at radius 1 is 1.33 bits per heavy atom. The summed E-state index contributed by atoms with van der Waals surface area (Å²) in [6, 6.07) is 0. The Balaban J connectivity index is 2.18. The van der Waals surface area contributed by atoms with E-state index in [0.29, 0.717) is 5.41 Å². The lowest BCUT2D eigenvalue weighted by Gasteiger charge is -2.44. The molecule has 0 saturated heterocycles. The average Bonchev–Trinajstić information content (AvgIpc) is 1.96. The molecule has 0 spiro atoms. The van der Waals surface area contributed by atoms with Gasteiger partial charge in [0.25, 0.3) is 0 Å². The number of hydrogen-bond acceptors (Lipinski definition) is 1. The lowest BCUT2D eigenvalue weighted by atomic mass is 9.62. The van der Waals surface area contributed by atoms with E-state index in [4.69, 9.17) is 0 Å². The van der Waals surface area contributed by atoms with Gasteiger partial charge >= 0.3 is 0 Å². The van der Waals surface area contributed by atoms with Crippen LogP contribution in [-0.4, -0.2) is 11.2 Å². The first-order valence-electron chi connectivity index (χ1n) is 3.91. The maximum absolute atomic E-state index is 9.48. The Labute approximate surface area is 56.1 Å². The van der Waals surface area contributed by atoms with Crippen LogP contribution < -0.4 is 0 Å². The third kappa shape index (κ3) is 0.536. The van der Waals surface area contributed by atoms with Gasteiger partial charge in [-0.1, -0.05) is 6.92 Å². The van der Waals surface area contributed by atoms with Gasteiger partial charge in [0.2, 0.25) is 0 Å². The molecule has 0 aliphatic heterocycles. The van der Waals surface area contributed by atoms with Crippen LogP contribution in [0.2, 0.25) is 0 Å². The second-order valence-corrected chi connectivity index (χ2v) is 3.83. The van der Waals surface area contributed by atoms with Crippen molar-refractivity contribution in [2.24, 2.45) is 11.3 Å². The number of aliphatic hydroxyl groups is 1. The molecule has 0 amide bonds. The molecule has 1 nitrogen and oxygen atoms in total. The van der Waals surface area contributed by atoms with Crippen LogP contribution in [0.15, 0.2) is 0 Å². The lowest BCUT2D eigenvalue weighted by molar-refractivity contribution is -0.0250. The Morgan fingerprint density at radius 2 is 2.11 bits per heavy atom. The largest absolute Gasteiger partial charge is 0.393 e. The normalized spacial score (nSPS) is 56.7. The zero-order valence-electron chi connectivity index (χ0n) is 5.93. The zero-order valence-corrected chi connectivity index (χ0v) is 5.93. The fourth-order valence-electron chi connectivity index (χ4n) is 2.41. The van der Waals surface area contributed by atoms with Crippen molar-refractivity contribution >= 4 is 0 Å². The van der Waals surface area contributed by atoms with E-state index in [1.807, 2.05) is 0 Å². The molecule has 0 aromatic carbocycles. The lowest BCUT2D eigenvalue weighted by Crippen LogP contribution is -2.40. The zero-order chi connectivity index (χ0) is 6.48. The second-order valence-electron chi connectivity index (χ2n) is 3.83. The van der Waals surface area contributed by atoms with E-state index in [1.165, 1.54) is 19.3 Å². The van der Waals surface area contributed by atoms with Gasteiger partial charge < -0.3 is 5.11 Å². The van der Waals surface area contributed by atoms with Crippen LogP contribution in [0.1, 0.15) is 32.6 Å². The number of hydrogen-bond donors (Lipinski definition) is 1. The van der Waals surface area contributed by atoms with Crippen molar-refractivity contribution in [3.8, 4) is 0 Å². The third-order valence-electron chi connectivity index (χ3n) is 3.51. The molecular weight excluding hydrogens is 112 g/mol. The van der Waals surface area contributed by atoms with E-state index in [2.05, 4.69) is 6.92 Å². The van der Waals surface area contributed by atoms with Crippen LogP contribution in [-0.2, 0) is 0 Å². The summed E-state index contributed by atoms with van der Waals surface area (Å²) in [5.74, 6) is 0.868. The molecule has 1 N–H and O–H groups in total. The van der Waals surface area contributed by atoms with Gasteiger partial charge in [0.1, 0.15) is 0 Å². The van der Waals surface area contributed by atoms with Crippen molar-refractivity contribution in [3.05, 3.63) is 0 Å². The summed E-state index contributed by atoms with van der Waals surface area (Å²) in [7, 11) is 0. The van der Waals surface area contributed by atoms with E-state index in [1.54, 1.807) is 0 Å². The predicted molar refractivity (Wildman–Crippen MR) is 36.1 cm³/mol. The summed E-state index contributed by atoms with van der Waals surface area (Å²) in [4.78, 5) is 0. The Hall–Kier alpha value is -0.0400. The van der Waals surface area contributed by atoms with Gasteiger partial charge in [-0.3, -0.25) is 0 Å². The van der Waals surface area contributed by atoms with Crippen LogP contribution in [0, 0.1) is 11.3 Å². The SMILES string of the molecule is C[C@]12CC[C@H]1CC[C@@H]2O. The molecule has 9 heavy (non-hydrogen) atoms. The summed E-state index contributed by atoms with van der Waals surface area (Å²) in [6.07, 6.45) is 4.99. The molecule has 52 valence electrons. The summed E-state index contributed by atoms with van der Waals surface area (Å²) < 4.78 is 0. The summed E-state index contributed by atoms with van der Waals surface area (Å²) in [5, 5.41) is 9.48. The molecule has 0 aromatic rings. The molecule has 0 radical (unpaired) electrons. The molecule has 1 heteroatoms. The van der Waals surface area contributed by atoms with Crippen LogP contribution in [0.3, 0.4) is 0 Å². The topological polar surface area (TPSA) is 20.2 Å². The monoisotopic (exact) mass is 126 g/mol. The molecule has 2 rings (SSSR count). The third-order valence-corrected chi connectivity index (χ3v) is 3.51. The fraction of sp³-hybridized carbons (Fsp3) is 1.00. The van der Waals surface area contributed by atoms with Gasteiger partial charge in [-0.25, -0.2) is 0 Å². The predicted octanol–water partition coefficient (Wildman–Crippen LogP) is 1.56. The standard InChI is InChI=1S/C8H14O/c1-8-5-4-6(8)2-3-7(8)9/h6-7,9H,2-5H2,1H3/t6-,7+,8+/m1/s1. The first-order valence-corrected chi connectivity index (χ1v) is 3.91. The Kier molecular flexibility index (Phi) is 0.963. The van der Waals surface area contributed by atoms with Crippen molar-refractivity contribution in [1.29, 1.82) is 0 Å². The molecule has 2 aliphatic rings. The van der Waals surface area contributed by atoms with E-state index in [0.717, 1.165) is 12.3 Å². The molecule has 2 aliphatic carbocycles. The maximum atomic E-state index is 9.48. The molecule has 2 saturated carbocycles. The van der Waals surface area contributed by atoms with Gasteiger partial charge in [-0.15, -0.1) is 0 Å². The summed E-state index contributed by atoms with van der Waals surface area (Å²) in [6.45, 7) is 2.23. The molecular formula is C8H14O. The van der Waals surface area contributed by atoms with Crippen molar-refractivity contribution in [2.45, 2.75) is 38.7 Å². The molecule has 0 bridgehead atoms. The van der Waals surface area contributed by atoms with Crippen molar-refractivity contribution < 1.29 is 5.11 Å². The minimum absolute atomic E-state index is 0.0243. The molecule has 3 atom stereocenters. The maximum Gasteiger partial charge on any atom is 0.0596 e. The van der Waals surface area contributed by atoms with E-state index < -0.39 is 0 Å². The average molecular weight is 126 g/mol. The summed E-state index contributed by atoms with van der Waals surface area (Å²) >= 11 is 0. The second kappa shape index (κ2) is 1.51. The highest BCUT2D eigenvalue weighted by Gasteiger charge is 2.51. The van der Waals surface area contributed by atoms with Gasteiger partial charge in [-0.2, -0.15) is 0 Å². The highest BCUT2D eigenvalue weighted by molar-refractivity contribution is 5.02. The number of rotatable bonds is 0. The minimum Gasteiger partial charge on any atom is -0.393 e. The van der Waals surface area contributed by atoms with Crippen LogP contribution in [0.5, 0.6) is 0 Å². The highest BCUT2D eigenvalue weighted by Crippen LogP contribution is 2.56.